The number of aliphatic hydroxyl groups excluding tert-OH is 1. The number of carbonyl (C=O) groups is 1. The molecule has 1 amide bonds. The zero-order valence-corrected chi connectivity index (χ0v) is 13.9. The van der Waals surface area contributed by atoms with Crippen LogP contribution in [0.15, 0.2) is 36.5 Å². The number of amides is 1. The number of para-hydroxylation sites is 1. The third-order valence-electron chi connectivity index (χ3n) is 4.37. The quantitative estimate of drug-likeness (QED) is 0.690. The van der Waals surface area contributed by atoms with Gasteiger partial charge in [-0.3, -0.25) is 4.79 Å². The Bertz CT molecular complexity index is 684. The van der Waals surface area contributed by atoms with Crippen molar-refractivity contribution in [1.82, 2.24) is 20.4 Å². The molecule has 2 aromatic rings. The number of aliphatic hydroxyl groups is 1. The Hall–Kier alpha value is -2.18. The van der Waals surface area contributed by atoms with Gasteiger partial charge < -0.3 is 15.7 Å². The fourth-order valence-corrected chi connectivity index (χ4v) is 2.98. The number of nitrogens with one attached hydrogen (secondary N) is 2. The van der Waals surface area contributed by atoms with Crippen LogP contribution < -0.4 is 10.6 Å². The van der Waals surface area contributed by atoms with Gasteiger partial charge in [-0.15, -0.1) is 0 Å². The molecule has 0 spiro atoms. The maximum absolute atomic E-state index is 12.0. The Labute approximate surface area is 141 Å². The van der Waals surface area contributed by atoms with E-state index in [0.29, 0.717) is 19.5 Å². The number of aryl methyl sites for hydroxylation is 2. The van der Waals surface area contributed by atoms with Crippen LogP contribution in [0.5, 0.6) is 0 Å². The molecule has 1 aromatic heterocycles. The first-order valence-electron chi connectivity index (χ1n) is 8.43. The second kappa shape index (κ2) is 7.59. The minimum Gasteiger partial charge on any atom is -0.392 e. The van der Waals surface area contributed by atoms with Crippen LogP contribution in [0.4, 0.5) is 0 Å². The van der Waals surface area contributed by atoms with Gasteiger partial charge in [-0.05, 0) is 43.9 Å². The minimum atomic E-state index is -0.410. The molecule has 1 saturated heterocycles. The number of hydrogen-bond acceptors (Lipinski definition) is 4. The lowest BCUT2D eigenvalue weighted by molar-refractivity contribution is -0.122. The van der Waals surface area contributed by atoms with E-state index in [1.54, 1.807) is 0 Å². The van der Waals surface area contributed by atoms with E-state index in [1.807, 2.05) is 41.9 Å². The van der Waals surface area contributed by atoms with E-state index in [2.05, 4.69) is 21.9 Å². The van der Waals surface area contributed by atoms with Crippen molar-refractivity contribution < 1.29 is 9.90 Å². The smallest absolute Gasteiger partial charge is 0.237 e. The van der Waals surface area contributed by atoms with Crippen LogP contribution in [0.2, 0.25) is 0 Å². The van der Waals surface area contributed by atoms with Crippen LogP contribution in [-0.4, -0.2) is 46.0 Å². The zero-order valence-electron chi connectivity index (χ0n) is 13.9. The van der Waals surface area contributed by atoms with Gasteiger partial charge in [0.2, 0.25) is 5.91 Å². The first kappa shape index (κ1) is 16.7. The summed E-state index contributed by atoms with van der Waals surface area (Å²) in [5, 5.41) is 20.0. The van der Waals surface area contributed by atoms with Gasteiger partial charge in [0.05, 0.1) is 23.5 Å². The average Bonchev–Trinajstić information content (AvgIpc) is 3.18. The van der Waals surface area contributed by atoms with Gasteiger partial charge in [0.15, 0.2) is 0 Å². The molecule has 6 nitrogen and oxygen atoms in total. The van der Waals surface area contributed by atoms with E-state index in [9.17, 15) is 9.90 Å². The Morgan fingerprint density at radius 2 is 2.21 bits per heavy atom. The first-order valence-corrected chi connectivity index (χ1v) is 8.43. The summed E-state index contributed by atoms with van der Waals surface area (Å²) in [7, 11) is 0. The number of benzene rings is 1. The van der Waals surface area contributed by atoms with Gasteiger partial charge in [-0.25, -0.2) is 4.68 Å². The Morgan fingerprint density at radius 1 is 1.42 bits per heavy atom. The molecule has 2 atom stereocenters. The first-order chi connectivity index (χ1) is 11.6. The van der Waals surface area contributed by atoms with Crippen LogP contribution in [0.3, 0.4) is 0 Å². The van der Waals surface area contributed by atoms with Crippen LogP contribution in [0, 0.1) is 6.92 Å². The minimum absolute atomic E-state index is 0.0248. The maximum Gasteiger partial charge on any atom is 0.237 e. The lowest BCUT2D eigenvalue weighted by Crippen LogP contribution is -2.40. The lowest BCUT2D eigenvalue weighted by atomic mass is 10.1. The third-order valence-corrected chi connectivity index (χ3v) is 4.37. The lowest BCUT2D eigenvalue weighted by Gasteiger charge is -2.10. The molecule has 1 aliphatic rings. The number of β-amino-alcohol motifs (C(OH)–C–C–N with tert-alkyl or cyclic N) is 1. The van der Waals surface area contributed by atoms with E-state index in [1.165, 1.54) is 5.56 Å². The molecular formula is C18H24N4O2. The molecule has 0 saturated carbocycles. The summed E-state index contributed by atoms with van der Waals surface area (Å²) in [5.74, 6) is -0.0248. The molecule has 128 valence electrons. The standard InChI is InChI=1S/C18H24N4O2/c1-13-14(12-22(21-13)15-7-3-2-4-8-15)6-5-9-19-18(24)17-10-16(23)11-20-17/h2-4,7-8,12,16-17,20,23H,5-6,9-11H2,1H3,(H,19,24)/t16-,17-/m0/s1. The predicted molar refractivity (Wildman–Crippen MR) is 92.0 cm³/mol. The number of rotatable bonds is 6. The summed E-state index contributed by atoms with van der Waals surface area (Å²) in [5.41, 5.74) is 3.26. The van der Waals surface area contributed by atoms with E-state index < -0.39 is 6.10 Å². The van der Waals surface area contributed by atoms with Gasteiger partial charge in [0.25, 0.3) is 0 Å². The molecule has 0 bridgehead atoms. The summed E-state index contributed by atoms with van der Waals surface area (Å²) in [6, 6.07) is 9.77. The van der Waals surface area contributed by atoms with Crippen LogP contribution in [0.25, 0.3) is 5.69 Å². The van der Waals surface area contributed by atoms with Crippen molar-refractivity contribution in [2.75, 3.05) is 13.1 Å². The summed E-state index contributed by atoms with van der Waals surface area (Å²) in [6.07, 6.45) is 3.88. The molecule has 3 N–H and O–H groups in total. The molecule has 24 heavy (non-hydrogen) atoms. The molecule has 0 radical (unpaired) electrons. The Morgan fingerprint density at radius 3 is 2.92 bits per heavy atom. The van der Waals surface area contributed by atoms with Gasteiger partial charge in [-0.1, -0.05) is 18.2 Å². The Kier molecular flexibility index (Phi) is 5.27. The summed E-state index contributed by atoms with van der Waals surface area (Å²) in [6.45, 7) is 3.14. The summed E-state index contributed by atoms with van der Waals surface area (Å²) >= 11 is 0. The van der Waals surface area contributed by atoms with Gasteiger partial charge in [0, 0.05) is 19.3 Å². The normalized spacial score (nSPS) is 20.2. The molecule has 3 rings (SSSR count). The third kappa shape index (κ3) is 4.01. The van der Waals surface area contributed by atoms with E-state index in [0.717, 1.165) is 24.2 Å². The van der Waals surface area contributed by atoms with Gasteiger partial charge in [0.1, 0.15) is 0 Å². The van der Waals surface area contributed by atoms with E-state index in [4.69, 9.17) is 0 Å². The van der Waals surface area contributed by atoms with Crippen LogP contribution in [0.1, 0.15) is 24.1 Å². The number of nitrogens with zero attached hydrogens (tertiary/aromatic N) is 2. The monoisotopic (exact) mass is 328 g/mol. The van der Waals surface area contributed by atoms with Crippen molar-refractivity contribution in [3.63, 3.8) is 0 Å². The fraction of sp³-hybridized carbons (Fsp3) is 0.444. The van der Waals surface area contributed by atoms with Crippen LogP contribution >= 0.6 is 0 Å². The number of aromatic nitrogens is 2. The SMILES string of the molecule is Cc1nn(-c2ccccc2)cc1CCCNC(=O)[C@@H]1C[C@H](O)CN1. The maximum atomic E-state index is 12.0. The summed E-state index contributed by atoms with van der Waals surface area (Å²) < 4.78 is 1.90. The van der Waals surface area contributed by atoms with Crippen molar-refractivity contribution in [3.05, 3.63) is 47.8 Å². The highest BCUT2D eigenvalue weighted by Crippen LogP contribution is 2.13. The summed E-state index contributed by atoms with van der Waals surface area (Å²) in [4.78, 5) is 12.0. The second-order valence-electron chi connectivity index (χ2n) is 6.26. The van der Waals surface area contributed by atoms with Gasteiger partial charge >= 0.3 is 0 Å². The van der Waals surface area contributed by atoms with E-state index in [-0.39, 0.29) is 11.9 Å². The fourth-order valence-electron chi connectivity index (χ4n) is 2.98. The molecule has 1 fully saturated rings. The van der Waals surface area contributed by atoms with E-state index >= 15 is 0 Å². The number of carbonyl (C=O) groups excluding carboxylic acids is 1. The molecule has 0 unspecified atom stereocenters. The highest BCUT2D eigenvalue weighted by Gasteiger charge is 2.27. The van der Waals surface area contributed by atoms with Crippen molar-refractivity contribution >= 4 is 5.91 Å². The highest BCUT2D eigenvalue weighted by molar-refractivity contribution is 5.82. The molecule has 1 aliphatic heterocycles. The molecule has 1 aromatic carbocycles. The Balaban J connectivity index is 1.47. The molecule has 0 aliphatic carbocycles. The van der Waals surface area contributed by atoms with Crippen molar-refractivity contribution in [3.8, 4) is 5.69 Å². The van der Waals surface area contributed by atoms with Crippen molar-refractivity contribution in [2.45, 2.75) is 38.3 Å². The molecule has 6 heteroatoms. The van der Waals surface area contributed by atoms with Gasteiger partial charge in [-0.2, -0.15) is 5.10 Å². The number of hydrogen-bond donors (Lipinski definition) is 3. The van der Waals surface area contributed by atoms with Crippen molar-refractivity contribution in [2.24, 2.45) is 0 Å². The predicted octanol–water partition coefficient (Wildman–Crippen LogP) is 0.952. The average molecular weight is 328 g/mol. The zero-order chi connectivity index (χ0) is 16.9. The van der Waals surface area contributed by atoms with Crippen molar-refractivity contribution in [1.29, 1.82) is 0 Å². The largest absolute Gasteiger partial charge is 0.392 e. The topological polar surface area (TPSA) is 79.2 Å². The highest BCUT2D eigenvalue weighted by atomic mass is 16.3. The molecule has 2 heterocycles. The van der Waals surface area contributed by atoms with Crippen LogP contribution in [-0.2, 0) is 11.2 Å². The second-order valence-corrected chi connectivity index (χ2v) is 6.26. The molecular weight excluding hydrogens is 304 g/mol.